The van der Waals surface area contributed by atoms with Crippen LogP contribution in [0.4, 0.5) is 11.4 Å². The van der Waals surface area contributed by atoms with Crippen molar-refractivity contribution in [1.82, 2.24) is 9.79 Å². The molecule has 2 saturated heterocycles. The number of halogens is 2. The quantitative estimate of drug-likeness (QED) is 0.259. The monoisotopic (exact) mass is 584 g/mol. The maximum absolute atomic E-state index is 13.9. The number of rotatable bonds is 9. The molecule has 2 aromatic rings. The third-order valence-electron chi connectivity index (χ3n) is 7.40. The summed E-state index contributed by atoms with van der Waals surface area (Å²) in [5.41, 5.74) is 3.41. The maximum Gasteiger partial charge on any atom is 0.266 e. The van der Waals surface area contributed by atoms with Gasteiger partial charge in [0.05, 0.1) is 16.7 Å². The number of ether oxygens (including phenoxy) is 1. The topological polar surface area (TPSA) is 102 Å². The lowest BCUT2D eigenvalue weighted by Crippen LogP contribution is -2.63. The summed E-state index contributed by atoms with van der Waals surface area (Å²) >= 11 is 12.2. The number of nitrogens with one attached hydrogen (secondary N) is 1. The fourth-order valence-corrected chi connectivity index (χ4v) is 7.44. The summed E-state index contributed by atoms with van der Waals surface area (Å²) in [4.78, 5) is 17.0. The minimum atomic E-state index is -4.06. The summed E-state index contributed by atoms with van der Waals surface area (Å²) in [5, 5.41) is 10.3. The van der Waals surface area contributed by atoms with Crippen molar-refractivity contribution >= 4 is 50.5 Å². The van der Waals surface area contributed by atoms with Crippen LogP contribution in [-0.4, -0.2) is 74.5 Å². The van der Waals surface area contributed by atoms with Gasteiger partial charge in [-0.1, -0.05) is 36.5 Å². The van der Waals surface area contributed by atoms with Crippen LogP contribution in [-0.2, 0) is 14.8 Å². The third kappa shape index (κ3) is 5.84. The van der Waals surface area contributed by atoms with E-state index in [-0.39, 0.29) is 25.9 Å². The van der Waals surface area contributed by atoms with Crippen LogP contribution in [0.5, 0.6) is 5.75 Å². The van der Waals surface area contributed by atoms with Gasteiger partial charge in [-0.2, -0.15) is 4.31 Å². The second kappa shape index (κ2) is 12.3. The molecule has 2 N–H and O–H groups in total. The molecule has 0 saturated carbocycles. The van der Waals surface area contributed by atoms with Gasteiger partial charge in [0.15, 0.2) is 4.75 Å². The molecule has 2 aliphatic heterocycles. The number of hydrogen-bond acceptors (Lipinski definition) is 7. The highest BCUT2D eigenvalue weighted by Crippen LogP contribution is 2.37. The molecule has 0 aromatic heterocycles. The molecule has 1 amide bonds. The number of piperazine rings is 1. The van der Waals surface area contributed by atoms with Crippen molar-refractivity contribution in [3.63, 3.8) is 0 Å². The van der Waals surface area contributed by atoms with E-state index in [4.69, 9.17) is 27.9 Å². The number of carbonyl (C=O) groups excluding carboxylic acids is 1. The average Bonchev–Trinajstić information content (AvgIpc) is 2.94. The molecule has 0 spiro atoms. The molecule has 2 aliphatic rings. The predicted molar refractivity (Wildman–Crippen MR) is 150 cm³/mol. The summed E-state index contributed by atoms with van der Waals surface area (Å²) < 4.78 is 33.1. The van der Waals surface area contributed by atoms with E-state index in [1.54, 1.807) is 17.6 Å². The van der Waals surface area contributed by atoms with E-state index >= 15 is 0 Å². The van der Waals surface area contributed by atoms with Crippen molar-refractivity contribution in [2.75, 3.05) is 55.7 Å². The highest BCUT2D eigenvalue weighted by Gasteiger charge is 2.55. The van der Waals surface area contributed by atoms with Crippen molar-refractivity contribution in [1.29, 1.82) is 0 Å². The van der Waals surface area contributed by atoms with Gasteiger partial charge >= 0.3 is 0 Å². The maximum atomic E-state index is 13.9. The number of nitrogens with zero attached hydrogens (tertiary/aromatic N) is 3. The summed E-state index contributed by atoms with van der Waals surface area (Å²) in [6.45, 7) is 4.87. The van der Waals surface area contributed by atoms with Crippen molar-refractivity contribution < 1.29 is 23.2 Å². The number of piperidine rings is 1. The molecule has 0 radical (unpaired) electrons. The Balaban J connectivity index is 1.43. The minimum Gasteiger partial charge on any atom is -0.494 e. The molecule has 2 aromatic carbocycles. The van der Waals surface area contributed by atoms with Gasteiger partial charge in [-0.15, -0.1) is 0 Å². The lowest BCUT2D eigenvalue weighted by atomic mass is 9.94. The minimum absolute atomic E-state index is 0.0294. The van der Waals surface area contributed by atoms with Crippen molar-refractivity contribution in [3.05, 3.63) is 52.5 Å². The Hall–Kier alpha value is -2.24. The molecule has 9 nitrogen and oxygen atoms in total. The van der Waals surface area contributed by atoms with Gasteiger partial charge in [0, 0.05) is 50.6 Å². The molecule has 0 aliphatic carbocycles. The van der Waals surface area contributed by atoms with E-state index in [1.165, 1.54) is 4.31 Å². The number of carbonyl (C=O) groups is 1. The van der Waals surface area contributed by atoms with Crippen molar-refractivity contribution in [3.8, 4) is 5.75 Å². The van der Waals surface area contributed by atoms with Gasteiger partial charge in [-0.25, -0.2) is 13.9 Å². The Morgan fingerprint density at radius 2 is 1.55 bits per heavy atom. The lowest BCUT2D eigenvalue weighted by Gasteiger charge is -2.44. The Morgan fingerprint density at radius 1 is 0.947 bits per heavy atom. The normalized spacial score (nSPS) is 18.3. The van der Waals surface area contributed by atoms with E-state index in [2.05, 4.69) is 11.8 Å². The van der Waals surface area contributed by atoms with Crippen LogP contribution in [0, 0.1) is 0 Å². The third-order valence-corrected chi connectivity index (χ3v) is 10.8. The van der Waals surface area contributed by atoms with Crippen molar-refractivity contribution in [2.24, 2.45) is 0 Å². The smallest absolute Gasteiger partial charge is 0.266 e. The fraction of sp³-hybridized carbons (Fsp3) is 0.500. The number of anilines is 2. The average molecular weight is 586 g/mol. The molecule has 2 fully saturated rings. The number of hydrogen-bond donors (Lipinski definition) is 2. The largest absolute Gasteiger partial charge is 0.494 e. The van der Waals surface area contributed by atoms with E-state index in [1.807, 2.05) is 35.2 Å². The Labute approximate surface area is 234 Å². The first-order chi connectivity index (χ1) is 18.2. The van der Waals surface area contributed by atoms with Gasteiger partial charge in [0.25, 0.3) is 5.91 Å². The molecule has 0 atom stereocenters. The second-order valence-corrected chi connectivity index (χ2v) is 12.7. The summed E-state index contributed by atoms with van der Waals surface area (Å²) in [6, 6.07) is 13.0. The Kier molecular flexibility index (Phi) is 9.31. The zero-order chi connectivity index (χ0) is 27.3. The first kappa shape index (κ1) is 28.8. The fourth-order valence-electron chi connectivity index (χ4n) is 5.03. The molecule has 38 heavy (non-hydrogen) atoms. The van der Waals surface area contributed by atoms with E-state index in [9.17, 15) is 18.4 Å². The molecular weight excluding hydrogens is 551 g/mol. The first-order valence-corrected chi connectivity index (χ1v) is 15.0. The second-order valence-electron chi connectivity index (χ2n) is 9.61. The van der Waals surface area contributed by atoms with Crippen molar-refractivity contribution in [2.45, 2.75) is 37.4 Å². The first-order valence-electron chi connectivity index (χ1n) is 12.8. The molecule has 4 rings (SSSR count). The Morgan fingerprint density at radius 3 is 2.13 bits per heavy atom. The summed E-state index contributed by atoms with van der Waals surface area (Å²) in [7, 11) is -4.06. The predicted octanol–water partition coefficient (Wildman–Crippen LogP) is 4.17. The van der Waals surface area contributed by atoms with Gasteiger partial charge in [0.1, 0.15) is 5.75 Å². The number of sulfonamides is 1. The van der Waals surface area contributed by atoms with Gasteiger partial charge in [-0.3, -0.25) is 10.0 Å². The van der Waals surface area contributed by atoms with Crippen LogP contribution >= 0.6 is 23.2 Å². The van der Waals surface area contributed by atoms with Gasteiger partial charge < -0.3 is 14.5 Å². The summed E-state index contributed by atoms with van der Waals surface area (Å²) in [5.74, 6) is -0.0834. The van der Waals surface area contributed by atoms with E-state index in [0.29, 0.717) is 42.8 Å². The van der Waals surface area contributed by atoms with Crippen LogP contribution in [0.2, 0.25) is 10.0 Å². The van der Waals surface area contributed by atoms with E-state index < -0.39 is 20.7 Å². The van der Waals surface area contributed by atoms with Crippen LogP contribution in [0.15, 0.2) is 42.5 Å². The lowest BCUT2D eigenvalue weighted by molar-refractivity contribution is -0.132. The van der Waals surface area contributed by atoms with Gasteiger partial charge in [0.2, 0.25) is 10.0 Å². The number of amides is 1. The highest BCUT2D eigenvalue weighted by atomic mass is 35.5. The molecule has 2 heterocycles. The SMILES string of the molecule is CCCCOc1ccc(N2CCN(S(=O)(=O)C3(C(=O)NO)CCN(c4ccc(Cl)c(Cl)c4)CC3)CC2)cc1. The standard InChI is InChI=1S/C26H34Cl2N4O5S/c1-2-3-18-37-22-7-4-20(5-8-22)31-14-16-32(17-15-31)38(35,36)26(25(33)29-34)10-12-30(13-11-26)21-6-9-23(27)24(28)19-21/h4-9,19,34H,2-3,10-18H2,1H3,(H,29,33). The van der Waals surface area contributed by atoms with Gasteiger partial charge in [-0.05, 0) is 61.7 Å². The van der Waals surface area contributed by atoms with Crippen LogP contribution in [0.1, 0.15) is 32.6 Å². The summed E-state index contributed by atoms with van der Waals surface area (Å²) in [6.07, 6.45) is 2.13. The van der Waals surface area contributed by atoms with Crippen LogP contribution in [0.25, 0.3) is 0 Å². The highest BCUT2D eigenvalue weighted by molar-refractivity contribution is 7.91. The molecule has 0 bridgehead atoms. The number of hydroxylamine groups is 1. The Bertz CT molecular complexity index is 1210. The zero-order valence-corrected chi connectivity index (χ0v) is 23.7. The number of benzene rings is 2. The molecule has 12 heteroatoms. The zero-order valence-electron chi connectivity index (χ0n) is 21.4. The number of unbranched alkanes of at least 4 members (excludes halogenated alkanes) is 1. The molecule has 0 unspecified atom stereocenters. The van der Waals surface area contributed by atoms with E-state index in [0.717, 1.165) is 30.0 Å². The molecular formula is C26H34Cl2N4O5S. The van der Waals surface area contributed by atoms with Crippen LogP contribution in [0.3, 0.4) is 0 Å². The van der Waals surface area contributed by atoms with Crippen LogP contribution < -0.4 is 20.0 Å². The molecule has 208 valence electrons.